The Balaban J connectivity index is 2.08. The summed E-state index contributed by atoms with van der Waals surface area (Å²) in [6.07, 6.45) is 0.552. The highest BCUT2D eigenvalue weighted by Gasteiger charge is 2.40. The predicted molar refractivity (Wildman–Crippen MR) is 85.3 cm³/mol. The Kier molecular flexibility index (Phi) is 5.65. The molecular formula is C15H16N2O7S. The molecule has 0 spiro atoms. The van der Waals surface area contributed by atoms with Crippen LogP contribution in [0.5, 0.6) is 0 Å². The summed E-state index contributed by atoms with van der Waals surface area (Å²) in [4.78, 5) is 47.5. The molecule has 134 valence electrons. The van der Waals surface area contributed by atoms with Crippen LogP contribution in [0.3, 0.4) is 0 Å². The van der Waals surface area contributed by atoms with E-state index in [1.807, 2.05) is 0 Å². The Morgan fingerprint density at radius 3 is 2.36 bits per heavy atom. The van der Waals surface area contributed by atoms with Gasteiger partial charge in [-0.2, -0.15) is 8.42 Å². The number of hydrogen-bond acceptors (Lipinski definition) is 6. The molecule has 1 fully saturated rings. The van der Waals surface area contributed by atoms with Crippen molar-refractivity contribution in [2.45, 2.75) is 12.8 Å². The van der Waals surface area contributed by atoms with E-state index < -0.39 is 39.6 Å². The molecule has 2 N–H and O–H groups in total. The van der Waals surface area contributed by atoms with Gasteiger partial charge in [0, 0.05) is 12.1 Å². The molecule has 25 heavy (non-hydrogen) atoms. The lowest BCUT2D eigenvalue weighted by Crippen LogP contribution is -2.58. The summed E-state index contributed by atoms with van der Waals surface area (Å²) < 4.78 is 30.1. The third-order valence-corrected chi connectivity index (χ3v) is 4.50. The number of imide groups is 2. The molecule has 1 aromatic rings. The maximum Gasteiger partial charge on any atom is 0.330 e. The van der Waals surface area contributed by atoms with Crippen molar-refractivity contribution in [1.29, 1.82) is 0 Å². The fourth-order valence-electron chi connectivity index (χ4n) is 2.43. The number of nitrogens with zero attached hydrogens (tertiary/aromatic N) is 1. The molecule has 0 aromatic heterocycles. The van der Waals surface area contributed by atoms with E-state index in [9.17, 15) is 27.6 Å². The van der Waals surface area contributed by atoms with Crippen LogP contribution in [0.2, 0.25) is 0 Å². The van der Waals surface area contributed by atoms with Crippen LogP contribution in [-0.2, 0) is 26.1 Å². The summed E-state index contributed by atoms with van der Waals surface area (Å²) in [5, 5.41) is 2.06. The quantitative estimate of drug-likeness (QED) is 0.393. The minimum atomic E-state index is -4.20. The molecule has 1 saturated heterocycles. The molecule has 0 saturated carbocycles. The van der Waals surface area contributed by atoms with Gasteiger partial charge in [0.15, 0.2) is 0 Å². The minimum Gasteiger partial charge on any atom is -0.298 e. The van der Waals surface area contributed by atoms with Gasteiger partial charge in [0.2, 0.25) is 11.8 Å². The summed E-state index contributed by atoms with van der Waals surface area (Å²) >= 11 is 0. The van der Waals surface area contributed by atoms with Crippen LogP contribution in [0.1, 0.15) is 22.3 Å². The number of amides is 4. The maximum atomic E-state index is 12.4. The lowest BCUT2D eigenvalue weighted by atomic mass is 9.95. The zero-order valence-electron chi connectivity index (χ0n) is 13.0. The first-order chi connectivity index (χ1) is 11.7. The molecule has 1 aromatic carbocycles. The highest BCUT2D eigenvalue weighted by atomic mass is 32.2. The number of rotatable bonds is 7. The van der Waals surface area contributed by atoms with Gasteiger partial charge in [-0.15, -0.1) is 0 Å². The summed E-state index contributed by atoms with van der Waals surface area (Å²) in [5.74, 6) is -3.20. The number of carbonyl (C=O) groups excluding carboxylic acids is 4. The standard InChI is InChI=1S/C15H16N2O7S/c18-9-11-4-2-10(3-5-11)8-12-13(19)16-15(21)17(14(12)20)6-1-7-25(22,23)24/h2-5,9,12H,1,6-8H2,(H,16,19,21)(H,22,23,24). The first-order valence-electron chi connectivity index (χ1n) is 7.37. The molecule has 1 unspecified atom stereocenters. The number of nitrogens with one attached hydrogen (secondary N) is 1. The second-order valence-corrected chi connectivity index (χ2v) is 7.11. The summed E-state index contributed by atoms with van der Waals surface area (Å²) in [7, 11) is -4.20. The number of urea groups is 1. The first kappa shape index (κ1) is 18.7. The van der Waals surface area contributed by atoms with E-state index in [-0.39, 0.29) is 19.4 Å². The molecule has 1 atom stereocenters. The second-order valence-electron chi connectivity index (χ2n) is 5.54. The van der Waals surface area contributed by atoms with Crippen LogP contribution in [0, 0.1) is 5.92 Å². The normalized spacial score (nSPS) is 18.2. The fraction of sp³-hybridized carbons (Fsp3) is 0.333. The molecule has 0 bridgehead atoms. The zero-order valence-corrected chi connectivity index (χ0v) is 13.9. The Hall–Kier alpha value is -2.59. The molecule has 4 amide bonds. The average molecular weight is 368 g/mol. The third kappa shape index (κ3) is 4.94. The Morgan fingerprint density at radius 1 is 1.16 bits per heavy atom. The third-order valence-electron chi connectivity index (χ3n) is 3.70. The SMILES string of the molecule is O=Cc1ccc(CC2C(=O)NC(=O)N(CCCS(=O)(=O)O)C2=O)cc1. The number of carbonyl (C=O) groups is 4. The van der Waals surface area contributed by atoms with E-state index in [1.165, 1.54) is 0 Å². The lowest BCUT2D eigenvalue weighted by Gasteiger charge is -2.30. The molecule has 1 aliphatic heterocycles. The predicted octanol–water partition coefficient (Wildman–Crippen LogP) is 0.0141. The second kappa shape index (κ2) is 7.53. The Labute approximate surface area is 143 Å². The van der Waals surface area contributed by atoms with Gasteiger partial charge in [-0.3, -0.25) is 29.2 Å². The van der Waals surface area contributed by atoms with Crippen LogP contribution in [0.4, 0.5) is 4.79 Å². The fourth-order valence-corrected chi connectivity index (χ4v) is 2.92. The van der Waals surface area contributed by atoms with E-state index in [1.54, 1.807) is 24.3 Å². The highest BCUT2D eigenvalue weighted by Crippen LogP contribution is 2.17. The number of hydrogen-bond donors (Lipinski definition) is 2. The monoisotopic (exact) mass is 368 g/mol. The lowest BCUT2D eigenvalue weighted by molar-refractivity contribution is -0.142. The van der Waals surface area contributed by atoms with Crippen molar-refractivity contribution in [3.8, 4) is 0 Å². The number of barbiturate groups is 1. The minimum absolute atomic E-state index is 0.0336. The van der Waals surface area contributed by atoms with Gasteiger partial charge < -0.3 is 0 Å². The highest BCUT2D eigenvalue weighted by molar-refractivity contribution is 7.85. The van der Waals surface area contributed by atoms with Gasteiger partial charge >= 0.3 is 6.03 Å². The van der Waals surface area contributed by atoms with E-state index >= 15 is 0 Å². The first-order valence-corrected chi connectivity index (χ1v) is 8.97. The van der Waals surface area contributed by atoms with Gasteiger partial charge in [0.25, 0.3) is 10.1 Å². The van der Waals surface area contributed by atoms with E-state index in [0.717, 1.165) is 4.90 Å². The van der Waals surface area contributed by atoms with Gasteiger partial charge in [0.05, 0.1) is 5.75 Å². The molecule has 9 nitrogen and oxygen atoms in total. The van der Waals surface area contributed by atoms with Crippen LogP contribution in [0.25, 0.3) is 0 Å². The summed E-state index contributed by atoms with van der Waals surface area (Å²) in [5.41, 5.74) is 1.08. The number of aldehydes is 1. The average Bonchev–Trinajstić information content (AvgIpc) is 2.54. The van der Waals surface area contributed by atoms with Gasteiger partial charge in [-0.1, -0.05) is 24.3 Å². The van der Waals surface area contributed by atoms with Gasteiger partial charge in [-0.05, 0) is 18.4 Å². The molecule has 1 heterocycles. The summed E-state index contributed by atoms with van der Waals surface area (Å²) in [6, 6.07) is 5.37. The largest absolute Gasteiger partial charge is 0.330 e. The molecule has 10 heteroatoms. The smallest absolute Gasteiger partial charge is 0.298 e. The van der Waals surface area contributed by atoms with E-state index in [4.69, 9.17) is 4.55 Å². The van der Waals surface area contributed by atoms with Gasteiger partial charge in [-0.25, -0.2) is 4.79 Å². The molecular weight excluding hydrogens is 352 g/mol. The van der Waals surface area contributed by atoms with E-state index in [0.29, 0.717) is 17.4 Å². The van der Waals surface area contributed by atoms with Crippen molar-refractivity contribution in [1.82, 2.24) is 10.2 Å². The Morgan fingerprint density at radius 2 is 1.80 bits per heavy atom. The summed E-state index contributed by atoms with van der Waals surface area (Å²) in [6.45, 7) is -0.238. The van der Waals surface area contributed by atoms with Crippen molar-refractivity contribution in [2.24, 2.45) is 5.92 Å². The van der Waals surface area contributed by atoms with Crippen LogP contribution in [0.15, 0.2) is 24.3 Å². The van der Waals surface area contributed by atoms with Crippen molar-refractivity contribution in [3.63, 3.8) is 0 Å². The topological polar surface area (TPSA) is 138 Å². The van der Waals surface area contributed by atoms with Crippen molar-refractivity contribution in [3.05, 3.63) is 35.4 Å². The molecule has 0 radical (unpaired) electrons. The maximum absolute atomic E-state index is 12.4. The zero-order chi connectivity index (χ0) is 18.6. The molecule has 0 aliphatic carbocycles. The molecule has 1 aliphatic rings. The van der Waals surface area contributed by atoms with E-state index in [2.05, 4.69) is 5.32 Å². The van der Waals surface area contributed by atoms with Crippen molar-refractivity contribution < 1.29 is 32.1 Å². The van der Waals surface area contributed by atoms with Crippen LogP contribution in [-0.4, -0.2) is 54.3 Å². The molecule has 2 rings (SSSR count). The number of benzene rings is 1. The van der Waals surface area contributed by atoms with Crippen molar-refractivity contribution in [2.75, 3.05) is 12.3 Å². The Bertz CT molecular complexity index is 802. The van der Waals surface area contributed by atoms with Crippen LogP contribution < -0.4 is 5.32 Å². The van der Waals surface area contributed by atoms with Crippen LogP contribution >= 0.6 is 0 Å². The van der Waals surface area contributed by atoms with Gasteiger partial charge in [0.1, 0.15) is 12.2 Å². The van der Waals surface area contributed by atoms with Crippen molar-refractivity contribution >= 4 is 34.2 Å².